The van der Waals surface area contributed by atoms with E-state index in [4.69, 9.17) is 25.6 Å². The molecule has 1 amide bonds. The lowest BCUT2D eigenvalue weighted by Gasteiger charge is -2.27. The summed E-state index contributed by atoms with van der Waals surface area (Å²) >= 11 is 6.00. The highest BCUT2D eigenvalue weighted by Crippen LogP contribution is 2.27. The minimum absolute atomic E-state index is 0.0537. The number of benzene rings is 2. The summed E-state index contributed by atoms with van der Waals surface area (Å²) in [5, 5.41) is 4.42. The second-order valence-corrected chi connectivity index (χ2v) is 10.0. The minimum Gasteiger partial charge on any atom is -0.496 e. The molecule has 0 atom stereocenters. The number of aromatic nitrogens is 2. The van der Waals surface area contributed by atoms with Gasteiger partial charge in [-0.05, 0) is 30.3 Å². The fourth-order valence-electron chi connectivity index (χ4n) is 3.47. The Morgan fingerprint density at radius 2 is 1.97 bits per heavy atom. The molecule has 34 heavy (non-hydrogen) atoms. The van der Waals surface area contributed by atoms with Crippen LogP contribution in [-0.4, -0.2) is 74.1 Å². The number of halogens is 1. The molecule has 0 bridgehead atoms. The van der Waals surface area contributed by atoms with Crippen LogP contribution in [0.2, 0.25) is 5.02 Å². The molecule has 180 valence electrons. The van der Waals surface area contributed by atoms with Crippen molar-refractivity contribution in [2.24, 2.45) is 0 Å². The zero-order valence-electron chi connectivity index (χ0n) is 18.6. The van der Waals surface area contributed by atoms with Gasteiger partial charge < -0.3 is 18.9 Å². The van der Waals surface area contributed by atoms with Gasteiger partial charge in [-0.2, -0.15) is 9.29 Å². The molecule has 0 saturated carbocycles. The summed E-state index contributed by atoms with van der Waals surface area (Å²) in [5.74, 6) is 0.384. The van der Waals surface area contributed by atoms with Gasteiger partial charge in [0.15, 0.2) is 0 Å². The first-order chi connectivity index (χ1) is 16.3. The van der Waals surface area contributed by atoms with Gasteiger partial charge in [0.1, 0.15) is 5.75 Å². The van der Waals surface area contributed by atoms with Crippen molar-refractivity contribution in [2.75, 3.05) is 40.5 Å². The lowest BCUT2D eigenvalue weighted by atomic mass is 10.1. The van der Waals surface area contributed by atoms with Crippen molar-refractivity contribution in [1.82, 2.24) is 19.3 Å². The normalized spacial score (nSPS) is 14.4. The molecular formula is C22H23ClN4O6S. The van der Waals surface area contributed by atoms with E-state index in [1.807, 2.05) is 0 Å². The molecule has 4 rings (SSSR count). The van der Waals surface area contributed by atoms with Crippen LogP contribution in [0.3, 0.4) is 0 Å². The molecule has 0 radical (unpaired) electrons. The highest BCUT2D eigenvalue weighted by molar-refractivity contribution is 7.89. The van der Waals surface area contributed by atoms with E-state index in [1.54, 1.807) is 29.2 Å². The summed E-state index contributed by atoms with van der Waals surface area (Å²) in [6.07, 6.45) is 0. The van der Waals surface area contributed by atoms with Gasteiger partial charge in [-0.3, -0.25) is 4.79 Å². The number of ether oxygens (including phenoxy) is 2. The van der Waals surface area contributed by atoms with Crippen molar-refractivity contribution >= 4 is 27.5 Å². The third-order valence-electron chi connectivity index (χ3n) is 5.32. The maximum Gasteiger partial charge on any atom is 0.257 e. The van der Waals surface area contributed by atoms with E-state index < -0.39 is 10.0 Å². The van der Waals surface area contributed by atoms with Crippen molar-refractivity contribution in [3.05, 3.63) is 58.9 Å². The first-order valence-corrected chi connectivity index (χ1v) is 12.2. The quantitative estimate of drug-likeness (QED) is 0.480. The van der Waals surface area contributed by atoms with Crippen LogP contribution < -0.4 is 4.74 Å². The largest absolute Gasteiger partial charge is 0.496 e. The topological polar surface area (TPSA) is 115 Å². The number of morpholine rings is 1. The highest BCUT2D eigenvalue weighted by atomic mass is 35.5. The average molecular weight is 507 g/mol. The standard InChI is InChI=1S/C22H23ClN4O6S/c1-26(14-20-24-21(25-33-20)15-4-3-5-16(23)12-15)34(29,30)17-6-7-19(31-2)18(13-17)22(28)27-8-10-32-11-9-27/h3-7,12-13H,8-11,14H2,1-2H3. The summed E-state index contributed by atoms with van der Waals surface area (Å²) in [6, 6.07) is 11.1. The van der Waals surface area contributed by atoms with Gasteiger partial charge in [-0.15, -0.1) is 0 Å². The lowest BCUT2D eigenvalue weighted by molar-refractivity contribution is 0.0300. The molecule has 1 aromatic heterocycles. The van der Waals surface area contributed by atoms with Gasteiger partial charge in [0.05, 0.1) is 37.3 Å². The Balaban J connectivity index is 1.56. The zero-order valence-corrected chi connectivity index (χ0v) is 20.2. The fraction of sp³-hybridized carbons (Fsp3) is 0.318. The van der Waals surface area contributed by atoms with Crippen molar-refractivity contribution in [3.63, 3.8) is 0 Å². The Bertz CT molecular complexity index is 1290. The van der Waals surface area contributed by atoms with Crippen molar-refractivity contribution in [3.8, 4) is 17.1 Å². The molecule has 0 N–H and O–H groups in total. The number of carbonyl (C=O) groups is 1. The zero-order chi connectivity index (χ0) is 24.3. The predicted octanol–water partition coefficient (Wildman–Crippen LogP) is 2.69. The van der Waals surface area contributed by atoms with Crippen LogP contribution in [0.4, 0.5) is 0 Å². The van der Waals surface area contributed by atoms with Gasteiger partial charge >= 0.3 is 0 Å². The Morgan fingerprint density at radius 3 is 2.68 bits per heavy atom. The molecule has 1 saturated heterocycles. The number of hydrogen-bond acceptors (Lipinski definition) is 8. The fourth-order valence-corrected chi connectivity index (χ4v) is 4.81. The Hall–Kier alpha value is -2.99. The van der Waals surface area contributed by atoms with Crippen LogP contribution in [-0.2, 0) is 21.3 Å². The number of rotatable bonds is 7. The van der Waals surface area contributed by atoms with Crippen molar-refractivity contribution < 1.29 is 27.2 Å². The predicted molar refractivity (Wildman–Crippen MR) is 123 cm³/mol. The van der Waals surface area contributed by atoms with E-state index in [-0.39, 0.29) is 28.8 Å². The number of sulfonamides is 1. The van der Waals surface area contributed by atoms with Crippen LogP contribution in [0.1, 0.15) is 16.2 Å². The third kappa shape index (κ3) is 5.07. The maximum absolute atomic E-state index is 13.2. The highest BCUT2D eigenvalue weighted by Gasteiger charge is 2.28. The molecule has 1 aliphatic heterocycles. The molecule has 2 aromatic carbocycles. The molecule has 2 heterocycles. The Kier molecular flexibility index (Phi) is 7.17. The van der Waals surface area contributed by atoms with Gasteiger partial charge in [-0.25, -0.2) is 8.42 Å². The van der Waals surface area contributed by atoms with Gasteiger partial charge in [0.2, 0.25) is 21.7 Å². The van der Waals surface area contributed by atoms with E-state index in [1.165, 1.54) is 32.4 Å². The summed E-state index contributed by atoms with van der Waals surface area (Å²) in [4.78, 5) is 18.8. The number of carbonyl (C=O) groups excluding carboxylic acids is 1. The summed E-state index contributed by atoms with van der Waals surface area (Å²) in [5.41, 5.74) is 0.814. The number of amides is 1. The van der Waals surface area contributed by atoms with Gasteiger partial charge in [-0.1, -0.05) is 28.9 Å². The number of nitrogens with zero attached hydrogens (tertiary/aromatic N) is 4. The van der Waals surface area contributed by atoms with E-state index in [9.17, 15) is 13.2 Å². The van der Waals surface area contributed by atoms with Crippen LogP contribution in [0, 0.1) is 0 Å². The SMILES string of the molecule is COc1ccc(S(=O)(=O)N(C)Cc2nc(-c3cccc(Cl)c3)no2)cc1C(=O)N1CCOCC1. The van der Waals surface area contributed by atoms with E-state index in [0.717, 1.165) is 4.31 Å². The van der Waals surface area contributed by atoms with Crippen LogP contribution in [0.5, 0.6) is 5.75 Å². The first kappa shape index (κ1) is 24.1. The average Bonchev–Trinajstić information content (AvgIpc) is 3.32. The lowest BCUT2D eigenvalue weighted by Crippen LogP contribution is -2.40. The summed E-state index contributed by atoms with van der Waals surface area (Å²) in [7, 11) is -1.15. The van der Waals surface area contributed by atoms with Gasteiger partial charge in [0, 0.05) is 30.7 Å². The van der Waals surface area contributed by atoms with E-state index in [2.05, 4.69) is 10.1 Å². The summed E-state index contributed by atoms with van der Waals surface area (Å²) in [6.45, 7) is 1.54. The Morgan fingerprint density at radius 1 is 1.21 bits per heavy atom. The number of hydrogen-bond donors (Lipinski definition) is 0. The molecule has 1 aliphatic rings. The number of methoxy groups -OCH3 is 1. The molecule has 12 heteroatoms. The minimum atomic E-state index is -3.98. The second-order valence-electron chi connectivity index (χ2n) is 7.55. The molecular weight excluding hydrogens is 484 g/mol. The molecule has 0 spiro atoms. The van der Waals surface area contributed by atoms with Crippen LogP contribution in [0.25, 0.3) is 11.4 Å². The van der Waals surface area contributed by atoms with Crippen LogP contribution >= 0.6 is 11.6 Å². The maximum atomic E-state index is 13.2. The van der Waals surface area contributed by atoms with Crippen LogP contribution in [0.15, 0.2) is 51.9 Å². The smallest absolute Gasteiger partial charge is 0.257 e. The molecule has 0 aliphatic carbocycles. The first-order valence-electron chi connectivity index (χ1n) is 10.4. The monoisotopic (exact) mass is 506 g/mol. The van der Waals surface area contributed by atoms with Crippen molar-refractivity contribution in [2.45, 2.75) is 11.4 Å². The summed E-state index contributed by atoms with van der Waals surface area (Å²) < 4.78 is 43.4. The van der Waals surface area contributed by atoms with Gasteiger partial charge in [0.25, 0.3) is 5.91 Å². The van der Waals surface area contributed by atoms with E-state index in [0.29, 0.717) is 48.5 Å². The second kappa shape index (κ2) is 10.1. The third-order valence-corrected chi connectivity index (χ3v) is 7.35. The van der Waals surface area contributed by atoms with E-state index >= 15 is 0 Å². The molecule has 0 unspecified atom stereocenters. The molecule has 10 nitrogen and oxygen atoms in total. The molecule has 1 fully saturated rings. The Labute approximate surface area is 202 Å². The molecule has 3 aromatic rings. The van der Waals surface area contributed by atoms with Crippen molar-refractivity contribution in [1.29, 1.82) is 0 Å².